The molecule has 0 heterocycles. The van der Waals surface area contributed by atoms with E-state index in [4.69, 9.17) is 8.85 Å². The molecule has 0 aromatic heterocycles. The molecular formula is C28H56O3Si2. The number of rotatable bonds is 11. The zero-order valence-corrected chi connectivity index (χ0v) is 25.7. The summed E-state index contributed by atoms with van der Waals surface area (Å²) in [5.41, 5.74) is 1.32. The van der Waals surface area contributed by atoms with Gasteiger partial charge in [0.15, 0.2) is 16.6 Å². The van der Waals surface area contributed by atoms with Gasteiger partial charge in [-0.2, -0.15) is 0 Å². The fourth-order valence-corrected chi connectivity index (χ4v) is 9.10. The SMILES string of the molecule is C=C(CO)CC(CC[C@@H](C)[C@H]1CCC2C(O[Si](C)(C)C)CCC[C@]21C)O[Si](C)(C)C(C)(C)C. The van der Waals surface area contributed by atoms with Crippen LogP contribution in [-0.2, 0) is 8.85 Å². The van der Waals surface area contributed by atoms with Crippen molar-refractivity contribution >= 4 is 16.6 Å². The molecule has 0 bridgehead atoms. The van der Waals surface area contributed by atoms with Gasteiger partial charge in [-0.15, -0.1) is 0 Å². The van der Waals surface area contributed by atoms with E-state index in [0.717, 1.165) is 30.3 Å². The zero-order valence-electron chi connectivity index (χ0n) is 23.7. The first-order chi connectivity index (χ1) is 15.0. The number of hydrogen-bond acceptors (Lipinski definition) is 3. The van der Waals surface area contributed by atoms with Gasteiger partial charge in [0.05, 0.1) is 6.61 Å². The molecule has 2 aliphatic rings. The Hall–Kier alpha value is 0.0538. The third kappa shape index (κ3) is 7.52. The summed E-state index contributed by atoms with van der Waals surface area (Å²) in [6.45, 7) is 27.9. The number of aliphatic hydroxyl groups excluding tert-OH is 1. The summed E-state index contributed by atoms with van der Waals surface area (Å²) in [4.78, 5) is 0. The first-order valence-corrected chi connectivity index (χ1v) is 19.9. The number of aliphatic hydroxyl groups is 1. The van der Waals surface area contributed by atoms with E-state index in [1.807, 2.05) is 0 Å². The van der Waals surface area contributed by atoms with Crippen LogP contribution in [0.3, 0.4) is 0 Å². The topological polar surface area (TPSA) is 38.7 Å². The maximum Gasteiger partial charge on any atom is 0.192 e. The molecule has 2 fully saturated rings. The van der Waals surface area contributed by atoms with E-state index in [2.05, 4.69) is 73.9 Å². The highest BCUT2D eigenvalue weighted by Crippen LogP contribution is 2.59. The molecule has 6 atom stereocenters. The van der Waals surface area contributed by atoms with Gasteiger partial charge >= 0.3 is 0 Å². The fourth-order valence-electron chi connectivity index (χ4n) is 6.52. The lowest BCUT2D eigenvalue weighted by atomic mass is 9.61. The minimum absolute atomic E-state index is 0.0633. The molecule has 0 saturated heterocycles. The van der Waals surface area contributed by atoms with Crippen LogP contribution in [0.1, 0.15) is 86.0 Å². The minimum Gasteiger partial charge on any atom is -0.414 e. The second-order valence-electron chi connectivity index (χ2n) is 14.1. The average Bonchev–Trinajstić information content (AvgIpc) is 3.01. The van der Waals surface area contributed by atoms with Crippen molar-refractivity contribution in [2.45, 2.75) is 136 Å². The lowest BCUT2D eigenvalue weighted by Gasteiger charge is -2.48. The molecule has 3 nitrogen and oxygen atoms in total. The summed E-state index contributed by atoms with van der Waals surface area (Å²) in [6.07, 6.45) is 10.3. The van der Waals surface area contributed by atoms with Crippen LogP contribution in [0.15, 0.2) is 12.2 Å². The van der Waals surface area contributed by atoms with Crippen molar-refractivity contribution in [2.24, 2.45) is 23.2 Å². The largest absolute Gasteiger partial charge is 0.414 e. The van der Waals surface area contributed by atoms with Crippen LogP contribution in [0.4, 0.5) is 0 Å². The molecular weight excluding hydrogens is 440 g/mol. The molecule has 194 valence electrons. The van der Waals surface area contributed by atoms with Crippen LogP contribution >= 0.6 is 0 Å². The smallest absolute Gasteiger partial charge is 0.192 e. The van der Waals surface area contributed by atoms with Gasteiger partial charge in [0.25, 0.3) is 0 Å². The van der Waals surface area contributed by atoms with Crippen LogP contribution < -0.4 is 0 Å². The normalized spacial score (nSPS) is 30.7. The molecule has 5 heteroatoms. The van der Waals surface area contributed by atoms with E-state index < -0.39 is 16.6 Å². The Morgan fingerprint density at radius 3 is 2.27 bits per heavy atom. The summed E-state index contributed by atoms with van der Waals surface area (Å²) in [7, 11) is -3.38. The molecule has 0 spiro atoms. The van der Waals surface area contributed by atoms with E-state index >= 15 is 0 Å². The third-order valence-corrected chi connectivity index (χ3v) is 14.8. The molecule has 2 saturated carbocycles. The van der Waals surface area contributed by atoms with Gasteiger partial charge in [-0.05, 0) is 111 Å². The van der Waals surface area contributed by atoms with Gasteiger partial charge in [-0.1, -0.05) is 47.6 Å². The summed E-state index contributed by atoms with van der Waals surface area (Å²) in [6, 6.07) is 0. The molecule has 0 aromatic rings. The van der Waals surface area contributed by atoms with E-state index in [1.54, 1.807) is 0 Å². The molecule has 0 aliphatic heterocycles. The maximum atomic E-state index is 9.61. The van der Waals surface area contributed by atoms with Crippen LogP contribution in [-0.4, -0.2) is 40.6 Å². The van der Waals surface area contributed by atoms with Crippen LogP contribution in [0.25, 0.3) is 0 Å². The second-order valence-corrected chi connectivity index (χ2v) is 23.3. The molecule has 1 N–H and O–H groups in total. The van der Waals surface area contributed by atoms with Crippen LogP contribution in [0.5, 0.6) is 0 Å². The Kier molecular flexibility index (Phi) is 9.75. The highest BCUT2D eigenvalue weighted by molar-refractivity contribution is 6.74. The van der Waals surface area contributed by atoms with Crippen molar-refractivity contribution in [3.8, 4) is 0 Å². The van der Waals surface area contributed by atoms with Gasteiger partial charge in [0.1, 0.15) is 0 Å². The summed E-state index contributed by atoms with van der Waals surface area (Å²) < 4.78 is 13.6. The second kappa shape index (κ2) is 11.0. The molecule has 2 aliphatic carbocycles. The highest BCUT2D eigenvalue weighted by Gasteiger charge is 2.53. The summed E-state index contributed by atoms with van der Waals surface area (Å²) >= 11 is 0. The van der Waals surface area contributed by atoms with E-state index in [9.17, 15) is 5.11 Å². The van der Waals surface area contributed by atoms with E-state index in [0.29, 0.717) is 17.4 Å². The Morgan fingerprint density at radius 2 is 1.73 bits per heavy atom. The fraction of sp³-hybridized carbons (Fsp3) is 0.929. The van der Waals surface area contributed by atoms with Crippen molar-refractivity contribution in [3.63, 3.8) is 0 Å². The highest BCUT2D eigenvalue weighted by atomic mass is 28.4. The Labute approximate surface area is 208 Å². The van der Waals surface area contributed by atoms with Crippen molar-refractivity contribution in [2.75, 3.05) is 6.61 Å². The predicted octanol–water partition coefficient (Wildman–Crippen LogP) is 8.17. The number of hydrogen-bond donors (Lipinski definition) is 1. The lowest BCUT2D eigenvalue weighted by molar-refractivity contribution is -0.0196. The van der Waals surface area contributed by atoms with Crippen molar-refractivity contribution in [1.29, 1.82) is 0 Å². The van der Waals surface area contributed by atoms with E-state index in [-0.39, 0.29) is 17.7 Å². The Bertz CT molecular complexity index is 649. The monoisotopic (exact) mass is 496 g/mol. The van der Waals surface area contributed by atoms with Crippen molar-refractivity contribution in [1.82, 2.24) is 0 Å². The van der Waals surface area contributed by atoms with Gasteiger partial charge in [0.2, 0.25) is 0 Å². The van der Waals surface area contributed by atoms with Crippen molar-refractivity contribution in [3.05, 3.63) is 12.2 Å². The molecule has 33 heavy (non-hydrogen) atoms. The molecule has 0 amide bonds. The third-order valence-electron chi connectivity index (χ3n) is 9.28. The minimum atomic E-state index is -1.86. The predicted molar refractivity (Wildman–Crippen MR) is 148 cm³/mol. The Morgan fingerprint density at radius 1 is 1.09 bits per heavy atom. The quantitative estimate of drug-likeness (QED) is 0.231. The Balaban J connectivity index is 2.07. The average molecular weight is 497 g/mol. The lowest BCUT2D eigenvalue weighted by Crippen LogP contribution is -2.46. The van der Waals surface area contributed by atoms with Gasteiger partial charge < -0.3 is 14.0 Å². The van der Waals surface area contributed by atoms with Gasteiger partial charge in [0, 0.05) is 12.2 Å². The van der Waals surface area contributed by atoms with Crippen LogP contribution in [0, 0.1) is 23.2 Å². The summed E-state index contributed by atoms with van der Waals surface area (Å²) in [5.74, 6) is 2.21. The van der Waals surface area contributed by atoms with Crippen LogP contribution in [0.2, 0.25) is 37.8 Å². The molecule has 0 radical (unpaired) electrons. The van der Waals surface area contributed by atoms with Gasteiger partial charge in [-0.25, -0.2) is 0 Å². The first-order valence-electron chi connectivity index (χ1n) is 13.6. The number of fused-ring (bicyclic) bond motifs is 1. The maximum absolute atomic E-state index is 9.61. The molecule has 0 aromatic carbocycles. The standard InChI is InChI=1S/C28H56O3Si2/c1-21(20-29)19-23(30-33(10,11)27(3,4)5)15-14-22(2)24-16-17-25-26(31-32(7,8)9)13-12-18-28(24,25)6/h22-26,29H,1,12-20H2,2-11H3/t22-,23?,24-,25?,26?,28+/m1/s1. The first kappa shape index (κ1) is 29.3. The van der Waals surface area contributed by atoms with Crippen molar-refractivity contribution < 1.29 is 14.0 Å². The summed E-state index contributed by atoms with van der Waals surface area (Å²) in [5, 5.41) is 9.80. The zero-order chi connectivity index (χ0) is 25.2. The molecule has 3 unspecified atom stereocenters. The van der Waals surface area contributed by atoms with Gasteiger partial charge in [-0.3, -0.25) is 0 Å². The van der Waals surface area contributed by atoms with E-state index in [1.165, 1.54) is 38.5 Å². The molecule has 2 rings (SSSR count).